The average Bonchev–Trinajstić information content (AvgIpc) is 2.75. The topological polar surface area (TPSA) is 77.2 Å². The maximum atomic E-state index is 12.9. The molecule has 2 aromatic rings. The summed E-state index contributed by atoms with van der Waals surface area (Å²) in [5, 5.41) is 6.98. The number of anilines is 1. The molecule has 1 saturated carbocycles. The van der Waals surface area contributed by atoms with Gasteiger partial charge in [-0.2, -0.15) is 0 Å². The Bertz CT molecular complexity index is 1010. The molecule has 0 spiro atoms. The van der Waals surface area contributed by atoms with E-state index in [0.29, 0.717) is 28.1 Å². The van der Waals surface area contributed by atoms with Gasteiger partial charge in [-0.25, -0.2) is 0 Å². The number of aromatic amines is 1. The molecule has 3 N–H and O–H groups in total. The molecule has 6 nitrogen and oxygen atoms in total. The van der Waals surface area contributed by atoms with E-state index in [9.17, 15) is 9.59 Å². The minimum Gasteiger partial charge on any atom is -0.382 e. The van der Waals surface area contributed by atoms with E-state index in [-0.39, 0.29) is 24.1 Å². The quantitative estimate of drug-likeness (QED) is 0.571. The molecule has 1 heterocycles. The molecule has 174 valence electrons. The fourth-order valence-corrected chi connectivity index (χ4v) is 4.78. The van der Waals surface area contributed by atoms with E-state index in [4.69, 9.17) is 11.6 Å². The van der Waals surface area contributed by atoms with Gasteiger partial charge in [-0.1, -0.05) is 17.7 Å². The summed E-state index contributed by atoms with van der Waals surface area (Å²) < 4.78 is 0. The summed E-state index contributed by atoms with van der Waals surface area (Å²) in [5.74, 6) is 0.349. The number of hydrogen-bond acceptors (Lipinski definition) is 4. The molecule has 1 unspecified atom stereocenters. The highest BCUT2D eigenvalue weighted by Gasteiger charge is 2.26. The van der Waals surface area contributed by atoms with Gasteiger partial charge in [0.1, 0.15) is 0 Å². The minimum atomic E-state index is -0.243. The van der Waals surface area contributed by atoms with E-state index in [1.165, 1.54) is 25.7 Å². The average molecular weight is 459 g/mol. The van der Waals surface area contributed by atoms with Crippen LogP contribution in [0, 0.1) is 19.8 Å². The van der Waals surface area contributed by atoms with Gasteiger partial charge in [-0.05, 0) is 90.2 Å². The largest absolute Gasteiger partial charge is 0.382 e. The van der Waals surface area contributed by atoms with Crippen LogP contribution >= 0.6 is 11.6 Å². The summed E-state index contributed by atoms with van der Waals surface area (Å²) in [4.78, 5) is 30.0. The van der Waals surface area contributed by atoms with Crippen LogP contribution in [0.3, 0.4) is 0 Å². The number of pyridine rings is 1. The van der Waals surface area contributed by atoms with Crippen LogP contribution in [-0.4, -0.2) is 42.0 Å². The van der Waals surface area contributed by atoms with Gasteiger partial charge in [0.05, 0.1) is 0 Å². The van der Waals surface area contributed by atoms with Crippen LogP contribution in [0.1, 0.15) is 59.8 Å². The van der Waals surface area contributed by atoms with Crippen molar-refractivity contribution >= 4 is 23.2 Å². The molecule has 0 radical (unpaired) electrons. The molecule has 0 aliphatic heterocycles. The number of nitrogens with one attached hydrogen (secondary N) is 3. The third-order valence-corrected chi connectivity index (χ3v) is 6.97. The van der Waals surface area contributed by atoms with Gasteiger partial charge >= 0.3 is 0 Å². The normalized spacial score (nSPS) is 19.6. The SMILES string of the molecule is Cc1ccc(CNC(=O)c2cc(Cl)cc(NC(C)[C@H]3CC[C@H](N(C)C)CC3)c2C)c(=O)[nH]1. The molecule has 1 aromatic heterocycles. The number of H-pyrrole nitrogens is 1. The first-order chi connectivity index (χ1) is 15.2. The van der Waals surface area contributed by atoms with Crippen molar-refractivity contribution in [2.45, 2.75) is 65.1 Å². The molecule has 7 heteroatoms. The van der Waals surface area contributed by atoms with E-state index in [1.807, 2.05) is 26.0 Å². The van der Waals surface area contributed by atoms with Crippen LogP contribution in [0.2, 0.25) is 5.02 Å². The van der Waals surface area contributed by atoms with Crippen molar-refractivity contribution in [2.24, 2.45) is 5.92 Å². The number of aryl methyl sites for hydroxylation is 1. The van der Waals surface area contributed by atoms with Crippen LogP contribution in [0.4, 0.5) is 5.69 Å². The standard InChI is InChI=1S/C25H35ClN4O2/c1-15-6-7-19(24(31)28-15)14-27-25(32)22-12-20(26)13-23(16(22)2)29-17(3)18-8-10-21(11-9-18)30(4)5/h6-7,12-13,17-18,21,29H,8-11,14H2,1-5H3,(H,27,32)(H,28,31)/t17?,18-,21-. The van der Waals surface area contributed by atoms with Crippen molar-refractivity contribution in [3.8, 4) is 0 Å². The number of amides is 1. The third kappa shape index (κ3) is 5.93. The smallest absolute Gasteiger partial charge is 0.253 e. The zero-order chi connectivity index (χ0) is 23.4. The molecule has 32 heavy (non-hydrogen) atoms. The summed E-state index contributed by atoms with van der Waals surface area (Å²) >= 11 is 6.37. The second-order valence-corrected chi connectivity index (χ2v) is 9.71. The van der Waals surface area contributed by atoms with Crippen molar-refractivity contribution in [3.63, 3.8) is 0 Å². The van der Waals surface area contributed by atoms with Crippen LogP contribution in [0.5, 0.6) is 0 Å². The molecule has 1 aliphatic rings. The summed E-state index contributed by atoms with van der Waals surface area (Å²) in [6, 6.07) is 8.09. The Hall–Kier alpha value is -2.31. The predicted molar refractivity (Wildman–Crippen MR) is 132 cm³/mol. The molecule has 1 amide bonds. The van der Waals surface area contributed by atoms with Crippen LogP contribution in [0.25, 0.3) is 0 Å². The van der Waals surface area contributed by atoms with Crippen LogP contribution in [0.15, 0.2) is 29.1 Å². The number of aromatic nitrogens is 1. The Balaban J connectivity index is 1.68. The fraction of sp³-hybridized carbons (Fsp3) is 0.520. The monoisotopic (exact) mass is 458 g/mol. The van der Waals surface area contributed by atoms with E-state index >= 15 is 0 Å². The second-order valence-electron chi connectivity index (χ2n) is 9.27. The van der Waals surface area contributed by atoms with Gasteiger partial charge in [0.2, 0.25) is 0 Å². The lowest BCUT2D eigenvalue weighted by Gasteiger charge is -2.36. The van der Waals surface area contributed by atoms with E-state index < -0.39 is 0 Å². The number of rotatable bonds is 7. The summed E-state index contributed by atoms with van der Waals surface area (Å²) in [6.07, 6.45) is 4.80. The molecule has 1 atom stereocenters. The lowest BCUT2D eigenvalue weighted by molar-refractivity contribution is 0.0950. The molecular weight excluding hydrogens is 424 g/mol. The van der Waals surface area contributed by atoms with Crippen molar-refractivity contribution in [2.75, 3.05) is 19.4 Å². The first-order valence-electron chi connectivity index (χ1n) is 11.4. The highest BCUT2D eigenvalue weighted by atomic mass is 35.5. The second kappa shape index (κ2) is 10.5. The lowest BCUT2D eigenvalue weighted by Crippen LogP contribution is -2.36. The van der Waals surface area contributed by atoms with Crippen molar-refractivity contribution in [1.29, 1.82) is 0 Å². The fourth-order valence-electron chi connectivity index (χ4n) is 4.56. The van der Waals surface area contributed by atoms with Crippen molar-refractivity contribution in [3.05, 3.63) is 62.0 Å². The number of benzene rings is 1. The Kier molecular flexibility index (Phi) is 8.01. The predicted octanol–water partition coefficient (Wildman–Crippen LogP) is 4.50. The van der Waals surface area contributed by atoms with Gasteiger partial charge in [-0.3, -0.25) is 9.59 Å². The first-order valence-corrected chi connectivity index (χ1v) is 11.7. The Morgan fingerprint density at radius 1 is 1.19 bits per heavy atom. The number of carbonyl (C=O) groups is 1. The zero-order valence-corrected chi connectivity index (χ0v) is 20.5. The Morgan fingerprint density at radius 3 is 2.50 bits per heavy atom. The van der Waals surface area contributed by atoms with E-state index in [0.717, 1.165) is 16.9 Å². The maximum absolute atomic E-state index is 12.9. The van der Waals surface area contributed by atoms with E-state index in [2.05, 4.69) is 41.5 Å². The number of carbonyl (C=O) groups excluding carboxylic acids is 1. The van der Waals surface area contributed by atoms with Crippen molar-refractivity contribution < 1.29 is 4.79 Å². The van der Waals surface area contributed by atoms with Gasteiger partial charge in [0, 0.05) is 46.2 Å². The van der Waals surface area contributed by atoms with Gasteiger partial charge in [0.25, 0.3) is 11.5 Å². The van der Waals surface area contributed by atoms with Gasteiger partial charge < -0.3 is 20.5 Å². The summed E-state index contributed by atoms with van der Waals surface area (Å²) in [6.45, 7) is 6.13. The van der Waals surface area contributed by atoms with Crippen LogP contribution in [-0.2, 0) is 6.54 Å². The highest BCUT2D eigenvalue weighted by molar-refractivity contribution is 6.31. The van der Waals surface area contributed by atoms with Crippen LogP contribution < -0.4 is 16.2 Å². The lowest BCUT2D eigenvalue weighted by atomic mass is 9.81. The minimum absolute atomic E-state index is 0.161. The van der Waals surface area contributed by atoms with Gasteiger partial charge in [0.15, 0.2) is 0 Å². The Labute approximate surface area is 195 Å². The molecule has 3 rings (SSSR count). The zero-order valence-electron chi connectivity index (χ0n) is 19.7. The highest BCUT2D eigenvalue weighted by Crippen LogP contribution is 2.32. The number of halogens is 1. The van der Waals surface area contributed by atoms with E-state index in [1.54, 1.807) is 12.1 Å². The molecular formula is C25H35ClN4O2. The third-order valence-electron chi connectivity index (χ3n) is 6.76. The summed E-state index contributed by atoms with van der Waals surface area (Å²) in [5.41, 5.74) is 3.39. The molecule has 0 saturated heterocycles. The molecule has 0 bridgehead atoms. The summed E-state index contributed by atoms with van der Waals surface area (Å²) in [7, 11) is 4.31. The van der Waals surface area contributed by atoms with Crippen molar-refractivity contribution in [1.82, 2.24) is 15.2 Å². The molecule has 1 aromatic carbocycles. The molecule has 1 aliphatic carbocycles. The molecule has 1 fully saturated rings. The maximum Gasteiger partial charge on any atom is 0.253 e. The first kappa shape index (κ1) is 24.3. The Morgan fingerprint density at radius 2 is 1.88 bits per heavy atom. The van der Waals surface area contributed by atoms with Gasteiger partial charge in [-0.15, -0.1) is 0 Å². The number of hydrogen-bond donors (Lipinski definition) is 3. The number of nitrogens with zero attached hydrogens (tertiary/aromatic N) is 1.